The van der Waals surface area contributed by atoms with Crippen LogP contribution >= 0.6 is 23.4 Å². The molecule has 0 unspecified atom stereocenters. The lowest BCUT2D eigenvalue weighted by atomic mass is 10.2. The normalized spacial score (nSPS) is 15.9. The van der Waals surface area contributed by atoms with Crippen LogP contribution in [0.5, 0.6) is 0 Å². The molecule has 2 rings (SSSR count). The highest BCUT2D eigenvalue weighted by Gasteiger charge is 2.42. The molecule has 1 aromatic rings. The Hall–Kier alpha value is -1.27. The maximum Gasteiger partial charge on any atom is 0.270 e. The first-order chi connectivity index (χ1) is 8.97. The molecule has 19 heavy (non-hydrogen) atoms. The zero-order valence-corrected chi connectivity index (χ0v) is 11.9. The monoisotopic (exact) mass is 300 g/mol. The summed E-state index contributed by atoms with van der Waals surface area (Å²) < 4.78 is 0.142. The second-order valence-corrected chi connectivity index (χ2v) is 6.17. The number of amides is 1. The average Bonchev–Trinajstić information content (AvgIpc) is 3.17. The van der Waals surface area contributed by atoms with Gasteiger partial charge in [-0.25, -0.2) is 0 Å². The third-order valence-electron chi connectivity index (χ3n) is 3.22. The second-order valence-electron chi connectivity index (χ2n) is 4.49. The van der Waals surface area contributed by atoms with Crippen molar-refractivity contribution in [1.29, 1.82) is 0 Å². The molecule has 1 aromatic carbocycles. The zero-order valence-electron chi connectivity index (χ0n) is 10.3. The van der Waals surface area contributed by atoms with Gasteiger partial charge in [-0.05, 0) is 25.2 Å². The van der Waals surface area contributed by atoms with Crippen LogP contribution in [0.15, 0.2) is 18.2 Å². The molecule has 5 nitrogen and oxygen atoms in total. The number of non-ortho nitro benzene ring substituents is 1. The quantitative estimate of drug-likeness (QED) is 0.670. The number of halogens is 1. The molecule has 1 saturated carbocycles. The smallest absolute Gasteiger partial charge is 0.270 e. The number of benzene rings is 1. The van der Waals surface area contributed by atoms with E-state index in [1.807, 2.05) is 6.26 Å². The van der Waals surface area contributed by atoms with Crippen LogP contribution < -0.4 is 5.32 Å². The highest BCUT2D eigenvalue weighted by atomic mass is 35.5. The molecule has 1 fully saturated rings. The number of rotatable bonds is 5. The first-order valence-corrected chi connectivity index (χ1v) is 7.35. The minimum Gasteiger partial charge on any atom is -0.351 e. The zero-order chi connectivity index (χ0) is 14.0. The predicted octanol–water partition coefficient (Wildman–Crippen LogP) is 2.87. The van der Waals surface area contributed by atoms with Crippen LogP contribution in [0.1, 0.15) is 23.2 Å². The van der Waals surface area contributed by atoms with E-state index in [0.29, 0.717) is 6.54 Å². The summed E-state index contributed by atoms with van der Waals surface area (Å²) in [6.45, 7) is 0.562. The molecule has 1 N–H and O–H groups in total. The van der Waals surface area contributed by atoms with Crippen molar-refractivity contribution < 1.29 is 9.72 Å². The molecule has 0 atom stereocenters. The van der Waals surface area contributed by atoms with E-state index in [0.717, 1.165) is 12.8 Å². The Morgan fingerprint density at radius 2 is 2.26 bits per heavy atom. The number of nitro groups is 1. The number of thioether (sulfide) groups is 1. The minimum atomic E-state index is -0.544. The van der Waals surface area contributed by atoms with Gasteiger partial charge in [0.05, 0.1) is 15.5 Å². The Bertz CT molecular complexity index is 532. The largest absolute Gasteiger partial charge is 0.351 e. The van der Waals surface area contributed by atoms with Crippen molar-refractivity contribution in [2.75, 3.05) is 12.8 Å². The maximum absolute atomic E-state index is 12.0. The second kappa shape index (κ2) is 5.38. The van der Waals surface area contributed by atoms with Gasteiger partial charge in [-0.15, -0.1) is 0 Å². The fourth-order valence-corrected chi connectivity index (χ4v) is 2.66. The van der Waals surface area contributed by atoms with E-state index in [1.54, 1.807) is 11.8 Å². The molecule has 0 radical (unpaired) electrons. The van der Waals surface area contributed by atoms with Crippen molar-refractivity contribution >= 4 is 35.0 Å². The number of hydrogen-bond donors (Lipinski definition) is 1. The first kappa shape index (κ1) is 14.1. The minimum absolute atomic E-state index is 0.138. The summed E-state index contributed by atoms with van der Waals surface area (Å²) in [5, 5.41) is 13.7. The number of nitro benzene ring substituents is 1. The molecule has 0 aromatic heterocycles. The summed E-state index contributed by atoms with van der Waals surface area (Å²) in [6, 6.07) is 3.86. The molecule has 0 aliphatic heterocycles. The lowest BCUT2D eigenvalue weighted by Gasteiger charge is -2.13. The van der Waals surface area contributed by atoms with Gasteiger partial charge >= 0.3 is 0 Å². The molecule has 0 bridgehead atoms. The fraction of sp³-hybridized carbons (Fsp3) is 0.417. The molecule has 102 valence electrons. The van der Waals surface area contributed by atoms with Gasteiger partial charge in [0.25, 0.3) is 11.6 Å². The predicted molar refractivity (Wildman–Crippen MR) is 75.9 cm³/mol. The van der Waals surface area contributed by atoms with Gasteiger partial charge in [0, 0.05) is 23.4 Å². The summed E-state index contributed by atoms with van der Waals surface area (Å²) in [5.74, 6) is -0.367. The molecular formula is C12H13ClN2O3S. The molecule has 0 spiro atoms. The number of carbonyl (C=O) groups excluding carboxylic acids is 1. The first-order valence-electron chi connectivity index (χ1n) is 5.75. The van der Waals surface area contributed by atoms with Gasteiger partial charge in [-0.2, -0.15) is 11.8 Å². The van der Waals surface area contributed by atoms with Gasteiger partial charge < -0.3 is 5.32 Å². The SMILES string of the molecule is CSC1(CNC(=O)c2cc([N+](=O)[O-])ccc2Cl)CC1. The summed E-state index contributed by atoms with van der Waals surface area (Å²) >= 11 is 7.64. The molecule has 1 aliphatic rings. The molecule has 7 heteroatoms. The molecule has 0 heterocycles. The Balaban J connectivity index is 2.10. The summed E-state index contributed by atoms with van der Waals surface area (Å²) in [5.41, 5.74) is 0.00771. The summed E-state index contributed by atoms with van der Waals surface area (Å²) in [7, 11) is 0. The molecular weight excluding hydrogens is 288 g/mol. The van der Waals surface area contributed by atoms with Crippen molar-refractivity contribution in [3.8, 4) is 0 Å². The Kier molecular flexibility index (Phi) is 4.01. The standard InChI is InChI=1S/C12H13ClN2O3S/c1-19-12(4-5-12)7-14-11(16)9-6-8(15(17)18)2-3-10(9)13/h2-3,6H,4-5,7H2,1H3,(H,14,16). The van der Waals surface area contributed by atoms with Crippen LogP contribution in [0.25, 0.3) is 0 Å². The lowest BCUT2D eigenvalue weighted by Crippen LogP contribution is -2.31. The van der Waals surface area contributed by atoms with Crippen molar-refractivity contribution in [2.45, 2.75) is 17.6 Å². The molecule has 1 amide bonds. The third kappa shape index (κ3) is 3.19. The average molecular weight is 301 g/mol. The maximum atomic E-state index is 12.0. The van der Waals surface area contributed by atoms with Crippen molar-refractivity contribution in [1.82, 2.24) is 5.32 Å². The fourth-order valence-electron chi connectivity index (χ4n) is 1.73. The van der Waals surface area contributed by atoms with Gasteiger partial charge in [0.2, 0.25) is 0 Å². The number of carbonyl (C=O) groups is 1. The van der Waals surface area contributed by atoms with E-state index < -0.39 is 4.92 Å². The van der Waals surface area contributed by atoms with E-state index in [1.165, 1.54) is 18.2 Å². The van der Waals surface area contributed by atoms with Crippen LogP contribution in [0.3, 0.4) is 0 Å². The van der Waals surface area contributed by atoms with Crippen LogP contribution in [0.4, 0.5) is 5.69 Å². The van der Waals surface area contributed by atoms with Gasteiger partial charge in [-0.3, -0.25) is 14.9 Å². The van der Waals surface area contributed by atoms with Gasteiger partial charge in [-0.1, -0.05) is 11.6 Å². The summed E-state index contributed by atoms with van der Waals surface area (Å²) in [6.07, 6.45) is 4.17. The van der Waals surface area contributed by atoms with Crippen molar-refractivity contribution in [2.24, 2.45) is 0 Å². The molecule has 1 aliphatic carbocycles. The Labute approximate surface area is 119 Å². The van der Waals surface area contributed by atoms with Crippen molar-refractivity contribution in [3.05, 3.63) is 38.9 Å². The van der Waals surface area contributed by atoms with E-state index >= 15 is 0 Å². The van der Waals surface area contributed by atoms with E-state index in [-0.39, 0.29) is 26.9 Å². The topological polar surface area (TPSA) is 72.2 Å². The Morgan fingerprint density at radius 1 is 1.58 bits per heavy atom. The van der Waals surface area contributed by atoms with Crippen LogP contribution in [-0.2, 0) is 0 Å². The van der Waals surface area contributed by atoms with E-state index in [9.17, 15) is 14.9 Å². The number of hydrogen-bond acceptors (Lipinski definition) is 4. The van der Waals surface area contributed by atoms with Crippen LogP contribution in [-0.4, -0.2) is 28.4 Å². The number of nitrogens with zero attached hydrogens (tertiary/aromatic N) is 1. The van der Waals surface area contributed by atoms with E-state index in [4.69, 9.17) is 11.6 Å². The van der Waals surface area contributed by atoms with Crippen molar-refractivity contribution in [3.63, 3.8) is 0 Å². The van der Waals surface area contributed by atoms with Crippen LogP contribution in [0, 0.1) is 10.1 Å². The van der Waals surface area contributed by atoms with Gasteiger partial charge in [0.1, 0.15) is 0 Å². The summed E-state index contributed by atoms with van der Waals surface area (Å²) in [4.78, 5) is 22.1. The lowest BCUT2D eigenvalue weighted by molar-refractivity contribution is -0.384. The molecule has 0 saturated heterocycles. The third-order valence-corrected chi connectivity index (χ3v) is 4.97. The van der Waals surface area contributed by atoms with E-state index in [2.05, 4.69) is 5.32 Å². The highest BCUT2D eigenvalue weighted by Crippen LogP contribution is 2.46. The number of nitrogens with one attached hydrogen (secondary N) is 1. The van der Waals surface area contributed by atoms with Gasteiger partial charge in [0.15, 0.2) is 0 Å². The Morgan fingerprint density at radius 3 is 2.79 bits per heavy atom. The highest BCUT2D eigenvalue weighted by molar-refractivity contribution is 8.00. The van der Waals surface area contributed by atoms with Crippen LogP contribution in [0.2, 0.25) is 5.02 Å².